The molecule has 7 nitrogen and oxygen atoms in total. The van der Waals surface area contributed by atoms with Crippen LogP contribution in [0.15, 0.2) is 78.5 Å². The van der Waals surface area contributed by atoms with Crippen LogP contribution in [0.25, 0.3) is 16.2 Å². The van der Waals surface area contributed by atoms with Crippen molar-refractivity contribution in [3.63, 3.8) is 0 Å². The topological polar surface area (TPSA) is 72.0 Å². The van der Waals surface area contributed by atoms with E-state index in [0.29, 0.717) is 16.7 Å². The number of rotatable bonds is 11. The Kier molecular flexibility index (Phi) is 12.4. The highest BCUT2D eigenvalue weighted by Crippen LogP contribution is 2.48. The van der Waals surface area contributed by atoms with E-state index in [0.717, 1.165) is 17.7 Å². The molecular weight excluding hydrogens is 697 g/mol. The van der Waals surface area contributed by atoms with Gasteiger partial charge in [-0.3, -0.25) is 4.79 Å². The highest BCUT2D eigenvalue weighted by Gasteiger charge is 2.34. The highest BCUT2D eigenvalue weighted by molar-refractivity contribution is 6.51. The normalized spacial score (nSPS) is 13.7. The minimum absolute atomic E-state index is 0.0113. The van der Waals surface area contributed by atoms with Gasteiger partial charge in [-0.05, 0) is 72.4 Å². The third kappa shape index (κ3) is 10.3. The zero-order valence-corrected chi connectivity index (χ0v) is 29.7. The van der Waals surface area contributed by atoms with E-state index >= 15 is 0 Å². The standard InChI is InChI=1S/C37H37Cl2F4N3O4/c1-36(2,3)50-35(48)46(16-8-11-32(47)45(4)5)17-18-49-31-15-12-24(22-44-31)33(28-19-23-9-6-7-10-26(23)34(28)39)29(21-37(41,42)43)27-14-13-25(40)20-30(27)38/h6-15,20,22H,16-19,21H2,1-5H3/b11-8+,33-29+. The number of amides is 2. The van der Waals surface area contributed by atoms with Crippen molar-refractivity contribution in [3.05, 3.63) is 112 Å². The molecule has 0 aliphatic heterocycles. The second-order valence-corrected chi connectivity index (χ2v) is 13.5. The summed E-state index contributed by atoms with van der Waals surface area (Å²) in [6.45, 7) is 5.33. The van der Waals surface area contributed by atoms with Gasteiger partial charge in [-0.2, -0.15) is 13.2 Å². The fourth-order valence-electron chi connectivity index (χ4n) is 5.19. The van der Waals surface area contributed by atoms with Crippen LogP contribution in [0.3, 0.4) is 0 Å². The zero-order chi connectivity index (χ0) is 36.8. The van der Waals surface area contributed by atoms with Gasteiger partial charge in [0.2, 0.25) is 11.8 Å². The molecule has 0 unspecified atom stereocenters. The number of allylic oxidation sites excluding steroid dienone is 3. The van der Waals surface area contributed by atoms with Gasteiger partial charge in [0.05, 0.1) is 23.0 Å². The predicted octanol–water partition coefficient (Wildman–Crippen LogP) is 9.20. The fourth-order valence-corrected chi connectivity index (χ4v) is 5.82. The van der Waals surface area contributed by atoms with Crippen LogP contribution in [0, 0.1) is 5.82 Å². The average Bonchev–Trinajstić information content (AvgIpc) is 3.34. The molecular formula is C37H37Cl2F4N3O4. The zero-order valence-electron chi connectivity index (χ0n) is 28.2. The molecule has 0 atom stereocenters. The SMILES string of the molecule is CN(C)C(=O)/C=C/CN(CCOc1ccc(/C(C2=C(Cl)c3ccccc3C2)=C(/CC(F)(F)F)c2ccc(F)cc2Cl)cn1)C(=O)OC(C)(C)C. The van der Waals surface area contributed by atoms with Crippen LogP contribution in [0.5, 0.6) is 5.88 Å². The summed E-state index contributed by atoms with van der Waals surface area (Å²) < 4.78 is 67.9. The summed E-state index contributed by atoms with van der Waals surface area (Å²) >= 11 is 13.2. The molecule has 0 N–H and O–H groups in total. The lowest BCUT2D eigenvalue weighted by atomic mass is 9.87. The van der Waals surface area contributed by atoms with Gasteiger partial charge >= 0.3 is 12.3 Å². The summed E-state index contributed by atoms with van der Waals surface area (Å²) in [7, 11) is 3.22. The molecule has 1 heterocycles. The number of nitrogens with zero attached hydrogens (tertiary/aromatic N) is 3. The molecule has 0 saturated carbocycles. The summed E-state index contributed by atoms with van der Waals surface area (Å²) in [6, 6.07) is 13.6. The maximum Gasteiger partial charge on any atom is 0.410 e. The first kappa shape index (κ1) is 38.5. The van der Waals surface area contributed by atoms with Crippen molar-refractivity contribution in [2.45, 2.75) is 45.4 Å². The first-order valence-electron chi connectivity index (χ1n) is 15.6. The Bertz CT molecular complexity index is 1810. The third-order valence-corrected chi connectivity index (χ3v) is 8.18. The van der Waals surface area contributed by atoms with Gasteiger partial charge in [-0.15, -0.1) is 0 Å². The number of fused-ring (bicyclic) bond motifs is 1. The van der Waals surface area contributed by atoms with E-state index in [2.05, 4.69) is 4.98 Å². The molecule has 13 heteroatoms. The predicted molar refractivity (Wildman–Crippen MR) is 187 cm³/mol. The minimum Gasteiger partial charge on any atom is -0.476 e. The van der Waals surface area contributed by atoms with E-state index in [1.54, 1.807) is 59.1 Å². The van der Waals surface area contributed by atoms with E-state index in [1.807, 2.05) is 12.1 Å². The summed E-state index contributed by atoms with van der Waals surface area (Å²) in [5.41, 5.74) is 1.52. The number of alkyl halides is 3. The van der Waals surface area contributed by atoms with Crippen molar-refractivity contribution in [2.24, 2.45) is 0 Å². The number of aromatic nitrogens is 1. The van der Waals surface area contributed by atoms with Crippen molar-refractivity contribution in [1.29, 1.82) is 0 Å². The molecule has 266 valence electrons. The van der Waals surface area contributed by atoms with Gasteiger partial charge in [0.15, 0.2) is 0 Å². The smallest absolute Gasteiger partial charge is 0.410 e. The van der Waals surface area contributed by atoms with Crippen molar-refractivity contribution in [3.8, 4) is 5.88 Å². The van der Waals surface area contributed by atoms with Crippen molar-refractivity contribution < 1.29 is 36.6 Å². The lowest BCUT2D eigenvalue weighted by molar-refractivity contribution is -0.124. The van der Waals surface area contributed by atoms with E-state index in [-0.39, 0.29) is 64.7 Å². The quantitative estimate of drug-likeness (QED) is 0.145. The molecule has 1 aliphatic carbocycles. The third-order valence-electron chi connectivity index (χ3n) is 7.44. The average molecular weight is 735 g/mol. The molecule has 0 saturated heterocycles. The number of benzene rings is 2. The lowest BCUT2D eigenvalue weighted by Gasteiger charge is -2.26. The maximum atomic E-state index is 14.2. The molecule has 2 amide bonds. The number of likely N-dealkylation sites (N-methyl/N-ethyl adjacent to an activating group) is 1. The van der Waals surface area contributed by atoms with Crippen LogP contribution in [-0.4, -0.2) is 72.4 Å². The molecule has 1 aliphatic rings. The van der Waals surface area contributed by atoms with E-state index < -0.39 is 30.1 Å². The molecule has 0 bridgehead atoms. The summed E-state index contributed by atoms with van der Waals surface area (Å²) in [6.07, 6.45) is -2.12. The van der Waals surface area contributed by atoms with E-state index in [1.165, 1.54) is 34.2 Å². The molecule has 3 aromatic rings. The van der Waals surface area contributed by atoms with Crippen molar-refractivity contribution >= 4 is 51.4 Å². The summed E-state index contributed by atoms with van der Waals surface area (Å²) in [5, 5.41) is 0.106. The lowest BCUT2D eigenvalue weighted by Crippen LogP contribution is -2.39. The Morgan fingerprint density at radius 1 is 1.02 bits per heavy atom. The van der Waals surface area contributed by atoms with Gasteiger partial charge in [-0.1, -0.05) is 59.6 Å². The van der Waals surface area contributed by atoms with Gasteiger partial charge in [0.25, 0.3) is 0 Å². The molecule has 1 aromatic heterocycles. The molecule has 0 radical (unpaired) electrons. The summed E-state index contributed by atoms with van der Waals surface area (Å²) in [4.78, 5) is 31.9. The molecule has 50 heavy (non-hydrogen) atoms. The number of ether oxygens (including phenoxy) is 2. The Morgan fingerprint density at radius 3 is 2.34 bits per heavy atom. The number of hydrogen-bond acceptors (Lipinski definition) is 5. The van der Waals surface area contributed by atoms with Crippen LogP contribution >= 0.6 is 23.2 Å². The van der Waals surface area contributed by atoms with Crippen molar-refractivity contribution in [2.75, 3.05) is 33.8 Å². The van der Waals surface area contributed by atoms with Gasteiger partial charge in [-0.25, -0.2) is 14.2 Å². The number of halogens is 6. The second kappa shape index (κ2) is 16.1. The van der Waals surface area contributed by atoms with Crippen LogP contribution in [0.4, 0.5) is 22.4 Å². The molecule has 4 rings (SSSR count). The Hall–Kier alpha value is -4.35. The van der Waals surface area contributed by atoms with Crippen LogP contribution in [-0.2, 0) is 16.0 Å². The number of carbonyl (C=O) groups is 2. The molecule has 0 fully saturated rings. The largest absolute Gasteiger partial charge is 0.476 e. The Morgan fingerprint density at radius 2 is 1.74 bits per heavy atom. The number of carbonyl (C=O) groups excluding carboxylic acids is 2. The second-order valence-electron chi connectivity index (χ2n) is 12.7. The Labute approximate surface area is 298 Å². The summed E-state index contributed by atoms with van der Waals surface area (Å²) in [5.74, 6) is -0.798. The molecule has 0 spiro atoms. The Balaban J connectivity index is 1.67. The van der Waals surface area contributed by atoms with Gasteiger partial charge < -0.3 is 19.3 Å². The van der Waals surface area contributed by atoms with Gasteiger partial charge in [0.1, 0.15) is 18.0 Å². The fraction of sp³-hybridized carbons (Fsp3) is 0.324. The highest BCUT2D eigenvalue weighted by atomic mass is 35.5. The number of pyridine rings is 1. The maximum absolute atomic E-state index is 14.2. The first-order valence-corrected chi connectivity index (χ1v) is 16.4. The van der Waals surface area contributed by atoms with Crippen LogP contribution < -0.4 is 4.74 Å². The molecule has 2 aromatic carbocycles. The first-order chi connectivity index (χ1) is 23.4. The van der Waals surface area contributed by atoms with Crippen LogP contribution in [0.1, 0.15) is 49.4 Å². The number of hydrogen-bond donors (Lipinski definition) is 0. The minimum atomic E-state index is -4.65. The van der Waals surface area contributed by atoms with E-state index in [4.69, 9.17) is 32.7 Å². The van der Waals surface area contributed by atoms with Gasteiger partial charge in [0, 0.05) is 51.0 Å². The van der Waals surface area contributed by atoms with Crippen molar-refractivity contribution in [1.82, 2.24) is 14.8 Å². The van der Waals surface area contributed by atoms with E-state index in [9.17, 15) is 27.2 Å². The van der Waals surface area contributed by atoms with Crippen LogP contribution in [0.2, 0.25) is 5.02 Å². The monoisotopic (exact) mass is 733 g/mol.